The minimum atomic E-state index is 0.0814. The number of H-pyrrole nitrogens is 1. The van der Waals surface area contributed by atoms with E-state index in [0.717, 1.165) is 3.70 Å². The van der Waals surface area contributed by atoms with Crippen LogP contribution in [-0.4, -0.2) is 10.8 Å². The van der Waals surface area contributed by atoms with Crippen LogP contribution in [0.3, 0.4) is 0 Å². The lowest BCUT2D eigenvalue weighted by Crippen LogP contribution is -1.90. The molecule has 1 N–H and O–H groups in total. The largest absolute Gasteiger partial charge is 0.348 e. The first-order chi connectivity index (χ1) is 4.20. The average Bonchev–Trinajstić information content (AvgIpc) is 2.14. The molecule has 48 valence electrons. The number of Topliss-reactive ketones (excluding diaryl/α,β-unsaturated/α-hetero) is 1. The molecule has 9 heavy (non-hydrogen) atoms. The van der Waals surface area contributed by atoms with Gasteiger partial charge in [-0.15, -0.1) is 0 Å². The summed E-state index contributed by atoms with van der Waals surface area (Å²) in [5.41, 5.74) is 0.680. The second kappa shape index (κ2) is 2.51. The molecule has 1 aromatic heterocycles. The molecule has 1 aromatic rings. The minimum absolute atomic E-state index is 0.0814. The van der Waals surface area contributed by atoms with Gasteiger partial charge in [-0.25, -0.2) is 0 Å². The second-order valence-corrected chi connectivity index (χ2v) is 2.94. The maximum atomic E-state index is 10.6. The van der Waals surface area contributed by atoms with E-state index < -0.39 is 0 Å². The molecule has 0 amide bonds. The quantitative estimate of drug-likeness (QED) is 0.584. The molecule has 0 bridgehead atoms. The number of carbonyl (C=O) groups is 1. The molecule has 0 fully saturated rings. The van der Waals surface area contributed by atoms with Crippen molar-refractivity contribution in [3.63, 3.8) is 0 Å². The highest BCUT2D eigenvalue weighted by Crippen LogP contribution is 2.04. The molecule has 1 heterocycles. The van der Waals surface area contributed by atoms with E-state index >= 15 is 0 Å². The van der Waals surface area contributed by atoms with Gasteiger partial charge in [0.2, 0.25) is 0 Å². The molecule has 0 saturated carbocycles. The van der Waals surface area contributed by atoms with Crippen LogP contribution in [0.4, 0.5) is 0 Å². The molecule has 3 heteroatoms. The predicted octanol–water partition coefficient (Wildman–Crippen LogP) is 1.82. The Kier molecular flexibility index (Phi) is 1.90. The van der Waals surface area contributed by atoms with Crippen molar-refractivity contribution in [2.75, 3.05) is 0 Å². The van der Waals surface area contributed by atoms with E-state index in [2.05, 4.69) is 27.6 Å². The summed E-state index contributed by atoms with van der Waals surface area (Å²) in [6, 6.07) is 3.65. The summed E-state index contributed by atoms with van der Waals surface area (Å²) >= 11 is 2.13. The van der Waals surface area contributed by atoms with Crippen molar-refractivity contribution >= 4 is 28.4 Å². The molecule has 0 saturated heterocycles. The number of carbonyl (C=O) groups excluding carboxylic acids is 1. The van der Waals surface area contributed by atoms with Crippen molar-refractivity contribution in [3.8, 4) is 0 Å². The van der Waals surface area contributed by atoms with E-state index in [4.69, 9.17) is 0 Å². The van der Waals surface area contributed by atoms with Gasteiger partial charge in [0.1, 0.15) is 0 Å². The lowest BCUT2D eigenvalue weighted by Gasteiger charge is -1.83. The van der Waals surface area contributed by atoms with E-state index in [9.17, 15) is 4.79 Å². The van der Waals surface area contributed by atoms with E-state index in [1.54, 1.807) is 13.0 Å². The molecule has 1 rings (SSSR count). The Hall–Kier alpha value is -0.320. The molecule has 0 atom stereocenters. The molecule has 0 radical (unpaired) electrons. The molecular formula is C6H6INO. The predicted molar refractivity (Wildman–Crippen MR) is 43.5 cm³/mol. The van der Waals surface area contributed by atoms with Crippen molar-refractivity contribution in [3.05, 3.63) is 21.5 Å². The van der Waals surface area contributed by atoms with Gasteiger partial charge in [0.05, 0.1) is 9.39 Å². The van der Waals surface area contributed by atoms with Gasteiger partial charge >= 0.3 is 0 Å². The fourth-order valence-corrected chi connectivity index (χ4v) is 1.04. The SMILES string of the molecule is CC(=O)c1ccc(I)[nH]1. The zero-order valence-electron chi connectivity index (χ0n) is 4.94. The van der Waals surface area contributed by atoms with Crippen LogP contribution in [0.2, 0.25) is 0 Å². The van der Waals surface area contributed by atoms with Crippen LogP contribution in [0.1, 0.15) is 17.4 Å². The van der Waals surface area contributed by atoms with Gasteiger partial charge < -0.3 is 4.98 Å². The number of aromatic amines is 1. The third-order valence-electron chi connectivity index (χ3n) is 1.03. The number of hydrogen-bond acceptors (Lipinski definition) is 1. The molecule has 0 aliphatic carbocycles. The van der Waals surface area contributed by atoms with Crippen LogP contribution in [0.15, 0.2) is 12.1 Å². The highest BCUT2D eigenvalue weighted by Gasteiger charge is 1.98. The van der Waals surface area contributed by atoms with Gasteiger partial charge in [0.15, 0.2) is 5.78 Å². The van der Waals surface area contributed by atoms with Crippen molar-refractivity contribution in [1.29, 1.82) is 0 Å². The van der Waals surface area contributed by atoms with E-state index in [1.165, 1.54) is 0 Å². The first-order valence-corrected chi connectivity index (χ1v) is 3.63. The summed E-state index contributed by atoms with van der Waals surface area (Å²) in [6.07, 6.45) is 0. The normalized spacial score (nSPS) is 9.56. The molecule has 2 nitrogen and oxygen atoms in total. The van der Waals surface area contributed by atoms with Gasteiger partial charge in [-0.3, -0.25) is 4.79 Å². The highest BCUT2D eigenvalue weighted by atomic mass is 127. The van der Waals surface area contributed by atoms with Gasteiger partial charge in [-0.05, 0) is 34.7 Å². The summed E-state index contributed by atoms with van der Waals surface area (Å²) in [5.74, 6) is 0.0814. The number of rotatable bonds is 1. The van der Waals surface area contributed by atoms with Gasteiger partial charge in [0, 0.05) is 6.92 Å². The van der Waals surface area contributed by atoms with Crippen molar-refractivity contribution < 1.29 is 4.79 Å². The van der Waals surface area contributed by atoms with Crippen LogP contribution >= 0.6 is 22.6 Å². The third kappa shape index (κ3) is 1.54. The molecule has 0 aliphatic heterocycles. The maximum Gasteiger partial charge on any atom is 0.175 e. The smallest absolute Gasteiger partial charge is 0.175 e. The fraction of sp³-hybridized carbons (Fsp3) is 0.167. The van der Waals surface area contributed by atoms with E-state index in [0.29, 0.717) is 5.69 Å². The third-order valence-corrected chi connectivity index (χ3v) is 1.66. The topological polar surface area (TPSA) is 32.9 Å². The molecular weight excluding hydrogens is 229 g/mol. The Morgan fingerprint density at radius 2 is 2.33 bits per heavy atom. The zero-order chi connectivity index (χ0) is 6.85. The van der Waals surface area contributed by atoms with Crippen molar-refractivity contribution in [2.24, 2.45) is 0 Å². The standard InChI is InChI=1S/C6H6INO/c1-4(9)5-2-3-6(7)8-5/h2-3,8H,1H3. The highest BCUT2D eigenvalue weighted by molar-refractivity contribution is 14.1. The number of nitrogens with one attached hydrogen (secondary N) is 1. The van der Waals surface area contributed by atoms with Gasteiger partial charge in [-0.2, -0.15) is 0 Å². The minimum Gasteiger partial charge on any atom is -0.348 e. The lowest BCUT2D eigenvalue weighted by atomic mass is 10.3. The first kappa shape index (κ1) is 6.80. The fourth-order valence-electron chi connectivity index (χ4n) is 0.574. The summed E-state index contributed by atoms with van der Waals surface area (Å²) in [5, 5.41) is 0. The van der Waals surface area contributed by atoms with Crippen LogP contribution < -0.4 is 0 Å². The summed E-state index contributed by atoms with van der Waals surface area (Å²) in [4.78, 5) is 13.5. The lowest BCUT2D eigenvalue weighted by molar-refractivity contribution is 0.101. The molecule has 0 unspecified atom stereocenters. The molecule has 0 aromatic carbocycles. The Bertz CT molecular complexity index is 229. The Balaban J connectivity index is 2.98. The summed E-state index contributed by atoms with van der Waals surface area (Å²) in [6.45, 7) is 1.54. The summed E-state index contributed by atoms with van der Waals surface area (Å²) < 4.78 is 0.998. The number of aromatic nitrogens is 1. The maximum absolute atomic E-state index is 10.6. The average molecular weight is 235 g/mol. The number of ketones is 1. The van der Waals surface area contributed by atoms with Crippen LogP contribution in [0.25, 0.3) is 0 Å². The Labute approximate surface area is 66.8 Å². The van der Waals surface area contributed by atoms with Crippen molar-refractivity contribution in [1.82, 2.24) is 4.98 Å². The van der Waals surface area contributed by atoms with Crippen LogP contribution in [-0.2, 0) is 0 Å². The molecule has 0 aliphatic rings. The number of halogens is 1. The zero-order valence-corrected chi connectivity index (χ0v) is 7.10. The van der Waals surface area contributed by atoms with Crippen LogP contribution in [0, 0.1) is 3.70 Å². The molecule has 0 spiro atoms. The summed E-state index contributed by atoms with van der Waals surface area (Å²) in [7, 11) is 0. The van der Waals surface area contributed by atoms with E-state index in [-0.39, 0.29) is 5.78 Å². The second-order valence-electron chi connectivity index (χ2n) is 1.78. The van der Waals surface area contributed by atoms with Gasteiger partial charge in [-0.1, -0.05) is 0 Å². The first-order valence-electron chi connectivity index (χ1n) is 2.55. The van der Waals surface area contributed by atoms with E-state index in [1.807, 2.05) is 6.07 Å². The van der Waals surface area contributed by atoms with Crippen molar-refractivity contribution in [2.45, 2.75) is 6.92 Å². The van der Waals surface area contributed by atoms with Gasteiger partial charge in [0.25, 0.3) is 0 Å². The van der Waals surface area contributed by atoms with Crippen LogP contribution in [0.5, 0.6) is 0 Å². The Morgan fingerprint density at radius 1 is 1.67 bits per heavy atom. The monoisotopic (exact) mass is 235 g/mol. The number of hydrogen-bond donors (Lipinski definition) is 1. The Morgan fingerprint density at radius 3 is 2.56 bits per heavy atom.